The molecule has 1 spiro atoms. The average molecular weight is 347 g/mol. The second kappa shape index (κ2) is 6.54. The zero-order chi connectivity index (χ0) is 18.2. The van der Waals surface area contributed by atoms with Gasteiger partial charge in [-0.05, 0) is 37.8 Å². The van der Waals surface area contributed by atoms with Crippen LogP contribution >= 0.6 is 0 Å². The Morgan fingerprint density at radius 1 is 1.48 bits per heavy atom. The van der Waals surface area contributed by atoms with Gasteiger partial charge in [0.1, 0.15) is 17.8 Å². The summed E-state index contributed by atoms with van der Waals surface area (Å²) in [5.41, 5.74) is -0.833. The van der Waals surface area contributed by atoms with Crippen LogP contribution in [-0.2, 0) is 9.59 Å². The molecule has 1 aliphatic carbocycles. The number of nitrogens with zero attached hydrogens (tertiary/aromatic N) is 2. The van der Waals surface area contributed by atoms with Gasteiger partial charge in [0.15, 0.2) is 0 Å². The Hall–Kier alpha value is -2.31. The lowest BCUT2D eigenvalue weighted by Crippen LogP contribution is -2.54. The minimum absolute atomic E-state index is 0.0811. The zero-order valence-electron chi connectivity index (χ0n) is 14.9. The van der Waals surface area contributed by atoms with Gasteiger partial charge in [0.2, 0.25) is 5.91 Å². The van der Waals surface area contributed by atoms with Crippen LogP contribution in [0.3, 0.4) is 0 Å². The molecule has 1 aromatic heterocycles. The minimum atomic E-state index is -0.833. The van der Waals surface area contributed by atoms with Gasteiger partial charge in [0, 0.05) is 7.05 Å². The van der Waals surface area contributed by atoms with E-state index in [2.05, 4.69) is 5.32 Å². The third-order valence-corrected chi connectivity index (χ3v) is 5.72. The van der Waals surface area contributed by atoms with Crippen LogP contribution in [0.4, 0.5) is 4.79 Å². The van der Waals surface area contributed by atoms with E-state index in [0.29, 0.717) is 12.2 Å². The zero-order valence-corrected chi connectivity index (χ0v) is 14.9. The molecule has 4 amide bonds. The fourth-order valence-electron chi connectivity index (χ4n) is 3.82. The quantitative estimate of drug-likeness (QED) is 0.847. The van der Waals surface area contributed by atoms with Crippen LogP contribution in [-0.4, -0.2) is 46.8 Å². The highest BCUT2D eigenvalue weighted by Gasteiger charge is 2.55. The summed E-state index contributed by atoms with van der Waals surface area (Å²) < 4.78 is 5.33. The number of hydrogen-bond acceptors (Lipinski definition) is 4. The van der Waals surface area contributed by atoms with Crippen molar-refractivity contribution in [1.29, 1.82) is 0 Å². The van der Waals surface area contributed by atoms with Crippen LogP contribution in [0.2, 0.25) is 0 Å². The molecule has 0 aromatic carbocycles. The Morgan fingerprint density at radius 3 is 2.88 bits per heavy atom. The average Bonchev–Trinajstić information content (AvgIpc) is 3.20. The number of hydrogen-bond donors (Lipinski definition) is 1. The van der Waals surface area contributed by atoms with E-state index >= 15 is 0 Å². The fourth-order valence-corrected chi connectivity index (χ4v) is 3.82. The molecule has 2 aliphatic rings. The molecular weight excluding hydrogens is 322 g/mol. The van der Waals surface area contributed by atoms with E-state index in [4.69, 9.17) is 4.42 Å². The summed E-state index contributed by atoms with van der Waals surface area (Å²) in [6.07, 6.45) is 5.07. The number of rotatable bonds is 4. The van der Waals surface area contributed by atoms with Crippen molar-refractivity contribution in [3.8, 4) is 0 Å². The number of urea groups is 1. The van der Waals surface area contributed by atoms with Crippen molar-refractivity contribution in [3.05, 3.63) is 24.2 Å². The van der Waals surface area contributed by atoms with E-state index in [1.807, 2.05) is 13.8 Å². The molecule has 7 heteroatoms. The first-order valence-electron chi connectivity index (χ1n) is 8.80. The molecule has 2 fully saturated rings. The van der Waals surface area contributed by atoms with E-state index in [1.165, 1.54) is 4.90 Å². The van der Waals surface area contributed by atoms with E-state index < -0.39 is 11.6 Å². The molecule has 3 atom stereocenters. The maximum Gasteiger partial charge on any atom is 0.325 e. The predicted molar refractivity (Wildman–Crippen MR) is 90.5 cm³/mol. The molecule has 2 heterocycles. The molecular formula is C18H25N3O4. The van der Waals surface area contributed by atoms with Crippen LogP contribution in [0.5, 0.6) is 0 Å². The lowest BCUT2D eigenvalue weighted by Gasteiger charge is -2.36. The second-order valence-electron chi connectivity index (χ2n) is 7.14. The molecule has 1 saturated heterocycles. The molecule has 1 aromatic rings. The number of imide groups is 1. The molecule has 3 unspecified atom stereocenters. The maximum atomic E-state index is 12.9. The third-order valence-electron chi connectivity index (χ3n) is 5.72. The van der Waals surface area contributed by atoms with Gasteiger partial charge in [-0.2, -0.15) is 0 Å². The van der Waals surface area contributed by atoms with E-state index in [-0.39, 0.29) is 30.3 Å². The highest BCUT2D eigenvalue weighted by atomic mass is 16.3. The molecule has 136 valence electrons. The summed E-state index contributed by atoms with van der Waals surface area (Å²) >= 11 is 0. The number of furan rings is 1. The third kappa shape index (κ3) is 2.92. The van der Waals surface area contributed by atoms with Crippen LogP contribution in [0.1, 0.15) is 51.3 Å². The van der Waals surface area contributed by atoms with Crippen molar-refractivity contribution in [1.82, 2.24) is 15.1 Å². The van der Waals surface area contributed by atoms with Crippen molar-refractivity contribution in [2.24, 2.45) is 5.92 Å². The Labute approximate surface area is 147 Å². The van der Waals surface area contributed by atoms with Crippen molar-refractivity contribution >= 4 is 17.8 Å². The SMILES string of the molecule is CC(c1ccco1)N(C)C(=O)CN1C(=O)NC2(CCCCC2C)C1=O. The smallest absolute Gasteiger partial charge is 0.325 e. The first kappa shape index (κ1) is 17.5. The van der Waals surface area contributed by atoms with Crippen molar-refractivity contribution in [3.63, 3.8) is 0 Å². The largest absolute Gasteiger partial charge is 0.467 e. The van der Waals surface area contributed by atoms with Gasteiger partial charge in [-0.3, -0.25) is 14.5 Å². The van der Waals surface area contributed by atoms with Crippen LogP contribution in [0.15, 0.2) is 22.8 Å². The highest BCUT2D eigenvalue weighted by Crippen LogP contribution is 2.38. The number of nitrogens with one attached hydrogen (secondary N) is 1. The summed E-state index contributed by atoms with van der Waals surface area (Å²) in [6, 6.07) is 2.81. The molecule has 0 bridgehead atoms. The summed E-state index contributed by atoms with van der Waals surface area (Å²) in [6.45, 7) is 3.59. The van der Waals surface area contributed by atoms with Gasteiger partial charge < -0.3 is 14.6 Å². The Morgan fingerprint density at radius 2 is 2.24 bits per heavy atom. The normalized spacial score (nSPS) is 27.5. The summed E-state index contributed by atoms with van der Waals surface area (Å²) in [5, 5.41) is 2.87. The summed E-state index contributed by atoms with van der Waals surface area (Å²) in [7, 11) is 1.65. The molecule has 0 radical (unpaired) electrons. The topological polar surface area (TPSA) is 82.9 Å². The molecule has 25 heavy (non-hydrogen) atoms. The lowest BCUT2D eigenvalue weighted by atomic mass is 9.73. The first-order valence-corrected chi connectivity index (χ1v) is 8.80. The number of amides is 4. The van der Waals surface area contributed by atoms with Crippen LogP contribution in [0, 0.1) is 5.92 Å². The Balaban J connectivity index is 1.71. The van der Waals surface area contributed by atoms with E-state index in [9.17, 15) is 14.4 Å². The predicted octanol–water partition coefficient (Wildman–Crippen LogP) is 2.30. The van der Waals surface area contributed by atoms with Crippen molar-refractivity contribution < 1.29 is 18.8 Å². The molecule has 3 rings (SSSR count). The van der Waals surface area contributed by atoms with Crippen LogP contribution in [0.25, 0.3) is 0 Å². The van der Waals surface area contributed by atoms with Gasteiger partial charge >= 0.3 is 6.03 Å². The molecule has 7 nitrogen and oxygen atoms in total. The van der Waals surface area contributed by atoms with Gasteiger partial charge in [0.05, 0.1) is 12.3 Å². The minimum Gasteiger partial charge on any atom is -0.467 e. The Bertz CT molecular complexity index is 672. The second-order valence-corrected chi connectivity index (χ2v) is 7.14. The van der Waals surface area contributed by atoms with Gasteiger partial charge in [-0.15, -0.1) is 0 Å². The summed E-state index contributed by atoms with van der Waals surface area (Å²) in [4.78, 5) is 40.4. The van der Waals surface area contributed by atoms with E-state index in [0.717, 1.165) is 24.2 Å². The molecule has 1 aliphatic heterocycles. The maximum absolute atomic E-state index is 12.9. The Kier molecular flexibility index (Phi) is 4.58. The molecule has 1 N–H and O–H groups in total. The lowest BCUT2D eigenvalue weighted by molar-refractivity contribution is -0.141. The van der Waals surface area contributed by atoms with E-state index in [1.54, 1.807) is 25.4 Å². The fraction of sp³-hybridized carbons (Fsp3) is 0.611. The monoisotopic (exact) mass is 347 g/mol. The van der Waals surface area contributed by atoms with Crippen molar-refractivity contribution in [2.75, 3.05) is 13.6 Å². The van der Waals surface area contributed by atoms with Crippen LogP contribution < -0.4 is 5.32 Å². The van der Waals surface area contributed by atoms with Gasteiger partial charge in [-0.1, -0.05) is 19.8 Å². The van der Waals surface area contributed by atoms with Gasteiger partial charge in [0.25, 0.3) is 5.91 Å². The standard InChI is InChI=1S/C18H25N3O4/c1-12-7-4-5-9-18(12)16(23)21(17(24)19-18)11-15(22)20(3)13(2)14-8-6-10-25-14/h6,8,10,12-13H,4-5,7,9,11H2,1-3H3,(H,19,24). The summed E-state index contributed by atoms with van der Waals surface area (Å²) in [5.74, 6) is 0.174. The van der Waals surface area contributed by atoms with Gasteiger partial charge in [-0.25, -0.2) is 4.79 Å². The number of likely N-dealkylation sites (N-methyl/N-ethyl adjacent to an activating group) is 1. The number of carbonyl (C=O) groups is 3. The first-order chi connectivity index (χ1) is 11.9. The van der Waals surface area contributed by atoms with Crippen molar-refractivity contribution in [2.45, 2.75) is 51.1 Å². The number of carbonyl (C=O) groups excluding carboxylic acids is 3. The molecule has 1 saturated carbocycles. The highest BCUT2D eigenvalue weighted by molar-refractivity contribution is 6.09.